The molecular weight excluding hydrogens is 248 g/mol. The summed E-state index contributed by atoms with van der Waals surface area (Å²) in [6.45, 7) is 7.78. The first-order valence-electron chi connectivity index (χ1n) is 7.43. The van der Waals surface area contributed by atoms with Crippen LogP contribution in [0.25, 0.3) is 0 Å². The Bertz CT molecular complexity index is 427. The molecule has 0 aromatic heterocycles. The number of rotatable bonds is 5. The van der Waals surface area contributed by atoms with E-state index >= 15 is 0 Å². The van der Waals surface area contributed by atoms with Crippen molar-refractivity contribution >= 4 is 5.69 Å². The fraction of sp³-hybridized carbons (Fsp3) is 0.529. The third-order valence-corrected chi connectivity index (χ3v) is 3.81. The highest BCUT2D eigenvalue weighted by Crippen LogP contribution is 2.19. The molecule has 1 fully saturated rings. The predicted molar refractivity (Wildman–Crippen MR) is 85.5 cm³/mol. The van der Waals surface area contributed by atoms with Gasteiger partial charge in [-0.3, -0.25) is 4.90 Å². The van der Waals surface area contributed by atoms with Crippen molar-refractivity contribution in [2.45, 2.75) is 32.7 Å². The minimum Gasteiger partial charge on any atom is -0.497 e. The molecule has 0 saturated carbocycles. The zero-order valence-electron chi connectivity index (χ0n) is 12.9. The minimum absolute atomic E-state index is 0.589. The van der Waals surface area contributed by atoms with Crippen LogP contribution in [-0.4, -0.2) is 37.7 Å². The summed E-state index contributed by atoms with van der Waals surface area (Å²) < 4.78 is 5.18. The zero-order chi connectivity index (χ0) is 14.4. The van der Waals surface area contributed by atoms with E-state index in [0.717, 1.165) is 12.3 Å². The van der Waals surface area contributed by atoms with Crippen LogP contribution >= 0.6 is 0 Å². The second kappa shape index (κ2) is 7.34. The van der Waals surface area contributed by atoms with Gasteiger partial charge in [-0.15, -0.1) is 0 Å². The van der Waals surface area contributed by atoms with Gasteiger partial charge in [0.1, 0.15) is 5.75 Å². The van der Waals surface area contributed by atoms with Gasteiger partial charge in [-0.25, -0.2) is 0 Å². The van der Waals surface area contributed by atoms with Crippen LogP contribution in [-0.2, 0) is 0 Å². The molecular formula is C17H26N2O. The van der Waals surface area contributed by atoms with E-state index in [4.69, 9.17) is 4.74 Å². The van der Waals surface area contributed by atoms with Gasteiger partial charge in [-0.2, -0.15) is 0 Å². The fourth-order valence-corrected chi connectivity index (χ4v) is 2.49. The molecule has 1 N–H and O–H groups in total. The Hall–Kier alpha value is -1.48. The molecule has 1 aromatic rings. The highest BCUT2D eigenvalue weighted by molar-refractivity contribution is 5.47. The van der Waals surface area contributed by atoms with Gasteiger partial charge in [0, 0.05) is 31.4 Å². The minimum atomic E-state index is 0.589. The third-order valence-electron chi connectivity index (χ3n) is 3.81. The fourth-order valence-electron chi connectivity index (χ4n) is 2.49. The van der Waals surface area contributed by atoms with Crippen molar-refractivity contribution in [2.75, 3.05) is 32.1 Å². The Balaban J connectivity index is 1.77. The van der Waals surface area contributed by atoms with E-state index in [1.54, 1.807) is 7.11 Å². The van der Waals surface area contributed by atoms with Crippen LogP contribution in [0.1, 0.15) is 26.7 Å². The molecule has 3 nitrogen and oxygen atoms in total. The summed E-state index contributed by atoms with van der Waals surface area (Å²) in [6, 6.07) is 8.78. The number of likely N-dealkylation sites (tertiary alicyclic amines) is 1. The number of nitrogens with zero attached hydrogens (tertiary/aromatic N) is 1. The van der Waals surface area contributed by atoms with Gasteiger partial charge in [-0.05, 0) is 51.0 Å². The van der Waals surface area contributed by atoms with E-state index in [-0.39, 0.29) is 0 Å². The SMILES string of the molecule is COc1ccc(NC2CCN(CC=C(C)C)CC2)cc1. The van der Waals surface area contributed by atoms with Crippen molar-refractivity contribution in [1.82, 2.24) is 4.90 Å². The Morgan fingerprint density at radius 2 is 1.90 bits per heavy atom. The van der Waals surface area contributed by atoms with Gasteiger partial charge >= 0.3 is 0 Å². The summed E-state index contributed by atoms with van der Waals surface area (Å²) in [5.74, 6) is 0.909. The molecule has 110 valence electrons. The lowest BCUT2D eigenvalue weighted by Crippen LogP contribution is -2.39. The van der Waals surface area contributed by atoms with E-state index in [1.807, 2.05) is 12.1 Å². The van der Waals surface area contributed by atoms with Gasteiger partial charge < -0.3 is 10.1 Å². The number of benzene rings is 1. The standard InChI is InChI=1S/C17H26N2O/c1-14(2)8-11-19-12-9-16(10-13-19)18-15-4-6-17(20-3)7-5-15/h4-8,16,18H,9-13H2,1-3H3. The number of methoxy groups -OCH3 is 1. The van der Waals surface area contributed by atoms with Crippen molar-refractivity contribution < 1.29 is 4.74 Å². The lowest BCUT2D eigenvalue weighted by molar-refractivity contribution is 0.240. The maximum Gasteiger partial charge on any atom is 0.119 e. The summed E-state index contributed by atoms with van der Waals surface area (Å²) in [6.07, 6.45) is 4.74. The lowest BCUT2D eigenvalue weighted by atomic mass is 10.0. The number of nitrogens with one attached hydrogen (secondary N) is 1. The Morgan fingerprint density at radius 1 is 1.25 bits per heavy atom. The monoisotopic (exact) mass is 274 g/mol. The van der Waals surface area contributed by atoms with Crippen LogP contribution in [0.2, 0.25) is 0 Å². The average Bonchev–Trinajstić information content (AvgIpc) is 2.47. The van der Waals surface area contributed by atoms with E-state index in [1.165, 1.54) is 37.2 Å². The maximum atomic E-state index is 5.18. The highest BCUT2D eigenvalue weighted by Gasteiger charge is 2.18. The molecule has 0 bridgehead atoms. The molecule has 2 rings (SSSR count). The smallest absolute Gasteiger partial charge is 0.119 e. The normalized spacial score (nSPS) is 16.8. The average molecular weight is 274 g/mol. The first-order chi connectivity index (χ1) is 9.67. The van der Waals surface area contributed by atoms with E-state index in [0.29, 0.717) is 6.04 Å². The van der Waals surface area contributed by atoms with Crippen LogP contribution < -0.4 is 10.1 Å². The Morgan fingerprint density at radius 3 is 2.45 bits per heavy atom. The molecule has 0 amide bonds. The topological polar surface area (TPSA) is 24.5 Å². The number of allylic oxidation sites excluding steroid dienone is 1. The van der Waals surface area contributed by atoms with Crippen LogP contribution in [0, 0.1) is 0 Å². The van der Waals surface area contributed by atoms with E-state index in [9.17, 15) is 0 Å². The van der Waals surface area contributed by atoms with Gasteiger partial charge in [0.2, 0.25) is 0 Å². The molecule has 1 heterocycles. The number of hydrogen-bond donors (Lipinski definition) is 1. The molecule has 1 aliphatic rings. The predicted octanol–water partition coefficient (Wildman–Crippen LogP) is 3.54. The van der Waals surface area contributed by atoms with Gasteiger partial charge in [0.25, 0.3) is 0 Å². The summed E-state index contributed by atoms with van der Waals surface area (Å²) in [5.41, 5.74) is 2.59. The molecule has 0 spiro atoms. The molecule has 0 atom stereocenters. The second-order valence-electron chi connectivity index (χ2n) is 5.73. The summed E-state index contributed by atoms with van der Waals surface area (Å²) in [5, 5.41) is 3.62. The largest absolute Gasteiger partial charge is 0.497 e. The maximum absolute atomic E-state index is 5.18. The van der Waals surface area contributed by atoms with E-state index < -0.39 is 0 Å². The van der Waals surface area contributed by atoms with E-state index in [2.05, 4.69) is 42.3 Å². The van der Waals surface area contributed by atoms with Gasteiger partial charge in [-0.1, -0.05) is 11.6 Å². The van der Waals surface area contributed by atoms with Crippen LogP contribution in [0.3, 0.4) is 0 Å². The number of piperidine rings is 1. The van der Waals surface area contributed by atoms with Crippen molar-refractivity contribution in [1.29, 1.82) is 0 Å². The van der Waals surface area contributed by atoms with Crippen LogP contribution in [0.4, 0.5) is 5.69 Å². The van der Waals surface area contributed by atoms with Crippen LogP contribution in [0.5, 0.6) is 5.75 Å². The molecule has 3 heteroatoms. The zero-order valence-corrected chi connectivity index (χ0v) is 12.9. The summed E-state index contributed by atoms with van der Waals surface area (Å²) in [7, 11) is 1.70. The number of hydrogen-bond acceptors (Lipinski definition) is 3. The lowest BCUT2D eigenvalue weighted by Gasteiger charge is -2.32. The first-order valence-corrected chi connectivity index (χ1v) is 7.43. The second-order valence-corrected chi connectivity index (χ2v) is 5.73. The summed E-state index contributed by atoms with van der Waals surface area (Å²) in [4.78, 5) is 2.53. The highest BCUT2D eigenvalue weighted by atomic mass is 16.5. The van der Waals surface area contributed by atoms with Gasteiger partial charge in [0.15, 0.2) is 0 Å². The number of anilines is 1. The Kier molecular flexibility index (Phi) is 5.48. The van der Waals surface area contributed by atoms with Crippen molar-refractivity contribution in [3.05, 3.63) is 35.9 Å². The quantitative estimate of drug-likeness (QED) is 0.831. The molecule has 0 unspecified atom stereocenters. The van der Waals surface area contributed by atoms with Gasteiger partial charge in [0.05, 0.1) is 7.11 Å². The molecule has 0 radical (unpaired) electrons. The first kappa shape index (κ1) is 14.9. The molecule has 1 aromatic carbocycles. The molecule has 0 aliphatic carbocycles. The molecule has 1 saturated heterocycles. The third kappa shape index (κ3) is 4.57. The van der Waals surface area contributed by atoms with Crippen LogP contribution in [0.15, 0.2) is 35.9 Å². The van der Waals surface area contributed by atoms with Crippen molar-refractivity contribution in [3.63, 3.8) is 0 Å². The number of ether oxygens (including phenoxy) is 1. The van der Waals surface area contributed by atoms with Crippen molar-refractivity contribution in [2.24, 2.45) is 0 Å². The Labute approximate surface area is 122 Å². The summed E-state index contributed by atoms with van der Waals surface area (Å²) >= 11 is 0. The molecule has 20 heavy (non-hydrogen) atoms. The molecule has 1 aliphatic heterocycles. The van der Waals surface area contributed by atoms with Crippen molar-refractivity contribution in [3.8, 4) is 5.75 Å².